The number of methoxy groups -OCH3 is 1. The van der Waals surface area contributed by atoms with Gasteiger partial charge in [-0.1, -0.05) is 28.1 Å². The summed E-state index contributed by atoms with van der Waals surface area (Å²) in [6.45, 7) is 2.10. The molecule has 28 heavy (non-hydrogen) atoms. The first-order valence-electron chi connectivity index (χ1n) is 9.11. The Bertz CT molecular complexity index is 998. The standard InChI is InChI=1S/C20H21BrN4O3/c1-27-19(26)16-12-24-25-8-7-22-18(17(16)25)23-13-20(5-9-28-10-6-20)14-3-2-4-15(21)11-14/h2-4,7-8,11-12H,5-6,9-10,13H2,1H3,(H,22,23). The maximum Gasteiger partial charge on any atom is 0.341 e. The second-order valence-corrected chi connectivity index (χ2v) is 7.79. The largest absolute Gasteiger partial charge is 0.465 e. The molecule has 0 aliphatic carbocycles. The van der Waals surface area contributed by atoms with E-state index in [1.54, 1.807) is 16.9 Å². The highest BCUT2D eigenvalue weighted by Crippen LogP contribution is 2.36. The minimum atomic E-state index is -0.432. The van der Waals surface area contributed by atoms with Gasteiger partial charge in [-0.2, -0.15) is 5.10 Å². The second-order valence-electron chi connectivity index (χ2n) is 6.88. The predicted octanol–water partition coefficient (Wildman–Crippen LogP) is 3.44. The van der Waals surface area contributed by atoms with Gasteiger partial charge in [0.15, 0.2) is 5.82 Å². The third-order valence-corrected chi connectivity index (χ3v) is 5.81. The molecule has 1 fully saturated rings. The summed E-state index contributed by atoms with van der Waals surface area (Å²) in [4.78, 5) is 16.6. The Labute approximate surface area is 171 Å². The number of carbonyl (C=O) groups is 1. The number of benzene rings is 1. The van der Waals surface area contributed by atoms with Gasteiger partial charge < -0.3 is 14.8 Å². The molecule has 146 valence electrons. The minimum absolute atomic E-state index is 0.0814. The van der Waals surface area contributed by atoms with Crippen LogP contribution in [0.1, 0.15) is 28.8 Å². The van der Waals surface area contributed by atoms with Crippen molar-refractivity contribution < 1.29 is 14.3 Å². The zero-order valence-electron chi connectivity index (χ0n) is 15.5. The first-order valence-corrected chi connectivity index (χ1v) is 9.91. The van der Waals surface area contributed by atoms with Gasteiger partial charge in [-0.25, -0.2) is 14.3 Å². The summed E-state index contributed by atoms with van der Waals surface area (Å²) < 4.78 is 13.2. The first-order chi connectivity index (χ1) is 13.6. The molecular formula is C20H21BrN4O3. The molecule has 1 aliphatic rings. The van der Waals surface area contributed by atoms with Gasteiger partial charge in [0.05, 0.1) is 13.3 Å². The van der Waals surface area contributed by atoms with Gasteiger partial charge >= 0.3 is 5.97 Å². The molecule has 1 aromatic carbocycles. The summed E-state index contributed by atoms with van der Waals surface area (Å²) in [7, 11) is 1.36. The van der Waals surface area contributed by atoms with E-state index in [1.165, 1.54) is 18.9 Å². The van der Waals surface area contributed by atoms with E-state index in [0.29, 0.717) is 36.7 Å². The monoisotopic (exact) mass is 444 g/mol. The molecule has 3 aromatic rings. The normalized spacial score (nSPS) is 16.1. The minimum Gasteiger partial charge on any atom is -0.465 e. The molecule has 3 heterocycles. The van der Waals surface area contributed by atoms with E-state index in [9.17, 15) is 4.79 Å². The summed E-state index contributed by atoms with van der Waals surface area (Å²) in [5.74, 6) is 0.181. The number of aromatic nitrogens is 3. The van der Waals surface area contributed by atoms with Crippen LogP contribution in [0.4, 0.5) is 5.82 Å². The Balaban J connectivity index is 1.68. The van der Waals surface area contributed by atoms with E-state index < -0.39 is 5.97 Å². The molecule has 0 amide bonds. The molecule has 0 saturated carbocycles. The van der Waals surface area contributed by atoms with Crippen LogP contribution < -0.4 is 5.32 Å². The van der Waals surface area contributed by atoms with Crippen LogP contribution in [0.25, 0.3) is 5.52 Å². The number of nitrogens with zero attached hydrogens (tertiary/aromatic N) is 3. The van der Waals surface area contributed by atoms with Gasteiger partial charge in [-0.05, 0) is 30.5 Å². The van der Waals surface area contributed by atoms with Crippen molar-refractivity contribution in [3.05, 3.63) is 58.5 Å². The van der Waals surface area contributed by atoms with Crippen molar-refractivity contribution in [3.63, 3.8) is 0 Å². The van der Waals surface area contributed by atoms with Gasteiger partial charge in [-0.3, -0.25) is 0 Å². The van der Waals surface area contributed by atoms with Gasteiger partial charge in [0.1, 0.15) is 11.1 Å². The van der Waals surface area contributed by atoms with Crippen LogP contribution in [-0.4, -0.2) is 47.4 Å². The number of anilines is 1. The summed E-state index contributed by atoms with van der Waals surface area (Å²) in [5, 5.41) is 7.71. The number of ether oxygens (including phenoxy) is 2. The van der Waals surface area contributed by atoms with E-state index >= 15 is 0 Å². The molecule has 1 saturated heterocycles. The Hall–Kier alpha value is -2.45. The molecule has 1 N–H and O–H groups in total. The lowest BCUT2D eigenvalue weighted by Crippen LogP contribution is -2.40. The molecular weight excluding hydrogens is 424 g/mol. The number of hydrogen-bond acceptors (Lipinski definition) is 6. The number of esters is 1. The second kappa shape index (κ2) is 7.89. The highest BCUT2D eigenvalue weighted by molar-refractivity contribution is 9.10. The number of carbonyl (C=O) groups excluding carboxylic acids is 1. The van der Waals surface area contributed by atoms with E-state index in [1.807, 2.05) is 6.07 Å². The fourth-order valence-corrected chi connectivity index (χ4v) is 4.13. The number of halogens is 1. The van der Waals surface area contributed by atoms with Crippen molar-refractivity contribution in [2.75, 3.05) is 32.2 Å². The first kappa shape index (κ1) is 18.9. The van der Waals surface area contributed by atoms with E-state index in [0.717, 1.165) is 17.3 Å². The van der Waals surface area contributed by atoms with Crippen LogP contribution in [0.3, 0.4) is 0 Å². The summed E-state index contributed by atoms with van der Waals surface area (Å²) in [5.41, 5.74) is 2.18. The van der Waals surface area contributed by atoms with E-state index in [4.69, 9.17) is 9.47 Å². The molecule has 0 radical (unpaired) electrons. The molecule has 2 aromatic heterocycles. The number of nitrogens with one attached hydrogen (secondary N) is 1. The van der Waals surface area contributed by atoms with Crippen LogP contribution in [0.2, 0.25) is 0 Å². The maximum absolute atomic E-state index is 12.1. The Morgan fingerprint density at radius 3 is 2.96 bits per heavy atom. The summed E-state index contributed by atoms with van der Waals surface area (Å²) >= 11 is 3.58. The zero-order chi connectivity index (χ0) is 19.6. The van der Waals surface area contributed by atoms with Crippen molar-refractivity contribution in [2.24, 2.45) is 0 Å². The van der Waals surface area contributed by atoms with Crippen molar-refractivity contribution in [1.29, 1.82) is 0 Å². The molecule has 0 spiro atoms. The van der Waals surface area contributed by atoms with E-state index in [2.05, 4.69) is 49.5 Å². The SMILES string of the molecule is COC(=O)c1cnn2ccnc(NCC3(c4cccc(Br)c4)CCOCC3)c12. The maximum atomic E-state index is 12.1. The Morgan fingerprint density at radius 1 is 1.39 bits per heavy atom. The predicted molar refractivity (Wildman–Crippen MR) is 109 cm³/mol. The highest BCUT2D eigenvalue weighted by atomic mass is 79.9. The highest BCUT2D eigenvalue weighted by Gasteiger charge is 2.35. The van der Waals surface area contributed by atoms with Crippen LogP contribution in [0.5, 0.6) is 0 Å². The van der Waals surface area contributed by atoms with Gasteiger partial charge in [0.2, 0.25) is 0 Å². The third-order valence-electron chi connectivity index (χ3n) is 5.32. The van der Waals surface area contributed by atoms with Gasteiger partial charge in [0.25, 0.3) is 0 Å². The Morgan fingerprint density at radius 2 is 2.21 bits per heavy atom. The van der Waals surface area contributed by atoms with Crippen molar-refractivity contribution in [3.8, 4) is 0 Å². The van der Waals surface area contributed by atoms with Gasteiger partial charge in [0, 0.05) is 42.0 Å². The molecule has 7 nitrogen and oxygen atoms in total. The lowest BCUT2D eigenvalue weighted by molar-refractivity contribution is 0.0543. The fourth-order valence-electron chi connectivity index (χ4n) is 3.73. The van der Waals surface area contributed by atoms with Crippen LogP contribution >= 0.6 is 15.9 Å². The average Bonchev–Trinajstić information content (AvgIpc) is 3.17. The number of fused-ring (bicyclic) bond motifs is 1. The quantitative estimate of drug-likeness (QED) is 0.607. The van der Waals surface area contributed by atoms with Crippen molar-refractivity contribution in [1.82, 2.24) is 14.6 Å². The molecule has 0 atom stereocenters. The molecule has 1 aliphatic heterocycles. The fraction of sp³-hybridized carbons (Fsp3) is 0.350. The molecule has 8 heteroatoms. The van der Waals surface area contributed by atoms with E-state index in [-0.39, 0.29) is 5.41 Å². The molecule has 0 unspecified atom stereocenters. The number of hydrogen-bond donors (Lipinski definition) is 1. The lowest BCUT2D eigenvalue weighted by Gasteiger charge is -2.38. The average molecular weight is 445 g/mol. The molecule has 0 bridgehead atoms. The third kappa shape index (κ3) is 3.49. The zero-order valence-corrected chi connectivity index (χ0v) is 17.1. The summed E-state index contributed by atoms with van der Waals surface area (Å²) in [6, 6.07) is 8.41. The van der Waals surface area contributed by atoms with Crippen molar-refractivity contribution in [2.45, 2.75) is 18.3 Å². The van der Waals surface area contributed by atoms with Crippen LogP contribution in [0, 0.1) is 0 Å². The summed E-state index contributed by atoms with van der Waals surface area (Å²) in [6.07, 6.45) is 6.70. The smallest absolute Gasteiger partial charge is 0.341 e. The van der Waals surface area contributed by atoms with Gasteiger partial charge in [-0.15, -0.1) is 0 Å². The van der Waals surface area contributed by atoms with Crippen molar-refractivity contribution >= 4 is 33.2 Å². The molecule has 4 rings (SSSR count). The Kier molecular flexibility index (Phi) is 5.32. The van der Waals surface area contributed by atoms with Crippen LogP contribution in [-0.2, 0) is 14.9 Å². The lowest BCUT2D eigenvalue weighted by atomic mass is 9.74. The van der Waals surface area contributed by atoms with Crippen LogP contribution in [0.15, 0.2) is 47.3 Å². The number of rotatable bonds is 5. The topological polar surface area (TPSA) is 77.8 Å².